The molecule has 0 aliphatic heterocycles. The molecule has 29 heavy (non-hydrogen) atoms. The van der Waals surface area contributed by atoms with Gasteiger partial charge in [-0.05, 0) is 69.3 Å². The summed E-state index contributed by atoms with van der Waals surface area (Å²) in [6.45, 7) is 9.05. The van der Waals surface area contributed by atoms with Crippen molar-refractivity contribution < 1.29 is 0 Å². The maximum absolute atomic E-state index is 2.39. The van der Waals surface area contributed by atoms with Gasteiger partial charge >= 0.3 is 0 Å². The molecular formula is C29H30. The van der Waals surface area contributed by atoms with Crippen LogP contribution >= 0.6 is 0 Å². The second-order valence-electron chi connectivity index (χ2n) is 8.34. The molecule has 0 aromatic heterocycles. The Morgan fingerprint density at radius 1 is 0.655 bits per heavy atom. The maximum atomic E-state index is 2.39. The molecule has 0 heteroatoms. The summed E-state index contributed by atoms with van der Waals surface area (Å²) < 4.78 is 0. The zero-order chi connectivity index (χ0) is 20.4. The monoisotopic (exact) mass is 378 g/mol. The van der Waals surface area contributed by atoms with Crippen LogP contribution in [0.2, 0.25) is 0 Å². The lowest BCUT2D eigenvalue weighted by Gasteiger charge is -2.16. The van der Waals surface area contributed by atoms with Crippen LogP contribution in [0.1, 0.15) is 49.8 Å². The number of rotatable bonds is 5. The highest BCUT2D eigenvalue weighted by molar-refractivity contribution is 5.90. The average molecular weight is 379 g/mol. The van der Waals surface area contributed by atoms with Crippen LogP contribution in [0.15, 0.2) is 78.9 Å². The first kappa shape index (κ1) is 19.5. The molecule has 0 spiro atoms. The average Bonchev–Trinajstić information content (AvgIpc) is 2.97. The van der Waals surface area contributed by atoms with E-state index in [4.69, 9.17) is 0 Å². The van der Waals surface area contributed by atoms with Gasteiger partial charge in [0.25, 0.3) is 0 Å². The third-order valence-corrected chi connectivity index (χ3v) is 5.98. The fourth-order valence-corrected chi connectivity index (χ4v) is 4.35. The second-order valence-corrected chi connectivity index (χ2v) is 8.34. The molecule has 0 nitrogen and oxygen atoms in total. The van der Waals surface area contributed by atoms with Gasteiger partial charge in [0.15, 0.2) is 0 Å². The molecule has 0 saturated carbocycles. The van der Waals surface area contributed by atoms with Gasteiger partial charge in [-0.15, -0.1) is 0 Å². The number of hydrogen-bond acceptors (Lipinski definition) is 0. The maximum Gasteiger partial charge on any atom is -0.0102 e. The predicted octanol–water partition coefficient (Wildman–Crippen LogP) is 8.51. The molecule has 0 fully saturated rings. The first-order chi connectivity index (χ1) is 14.1. The van der Waals surface area contributed by atoms with Crippen LogP contribution in [0.5, 0.6) is 0 Å². The van der Waals surface area contributed by atoms with E-state index in [0.29, 0.717) is 5.92 Å². The molecule has 2 aromatic rings. The Hall–Kier alpha value is -2.86. The molecular weight excluding hydrogens is 348 g/mol. The van der Waals surface area contributed by atoms with Gasteiger partial charge in [-0.3, -0.25) is 0 Å². The molecule has 146 valence electrons. The summed E-state index contributed by atoms with van der Waals surface area (Å²) in [5.74, 6) is 0.513. The number of hydrogen-bond donors (Lipinski definition) is 0. The van der Waals surface area contributed by atoms with Gasteiger partial charge in [0.2, 0.25) is 0 Å². The summed E-state index contributed by atoms with van der Waals surface area (Å²) >= 11 is 0. The number of benzene rings is 2. The van der Waals surface area contributed by atoms with E-state index in [2.05, 4.69) is 107 Å². The fraction of sp³-hybridized carbons (Fsp3) is 0.241. The van der Waals surface area contributed by atoms with E-state index in [1.165, 1.54) is 50.1 Å². The molecule has 2 aromatic carbocycles. The summed E-state index contributed by atoms with van der Waals surface area (Å²) in [7, 11) is 0. The Bertz CT molecular complexity index is 1090. The molecule has 0 saturated heterocycles. The van der Waals surface area contributed by atoms with Crippen molar-refractivity contribution in [3.05, 3.63) is 95.6 Å². The van der Waals surface area contributed by atoms with Crippen molar-refractivity contribution in [2.45, 2.75) is 46.5 Å². The normalized spacial score (nSPS) is 11.3. The third kappa shape index (κ3) is 3.72. The third-order valence-electron chi connectivity index (χ3n) is 5.98. The van der Waals surface area contributed by atoms with E-state index in [1.54, 1.807) is 0 Å². The first-order valence-electron chi connectivity index (χ1n) is 10.8. The van der Waals surface area contributed by atoms with Crippen LogP contribution in [0.4, 0.5) is 0 Å². The number of aryl methyl sites for hydroxylation is 1. The first-order valence-corrected chi connectivity index (χ1v) is 10.8. The minimum atomic E-state index is 0.513. The minimum Gasteiger partial charge on any atom is -0.0651 e. The van der Waals surface area contributed by atoms with Gasteiger partial charge in [0.05, 0.1) is 0 Å². The largest absolute Gasteiger partial charge is 0.0651 e. The van der Waals surface area contributed by atoms with Crippen LogP contribution in [0.25, 0.3) is 33.4 Å². The molecule has 0 radical (unpaired) electrons. The standard InChI is InChI=1S/C29H30/c1-5-10-25-24(22-11-7-6-8-12-22)13-9-14-26(25)27-18-16-23(20(2)3)19-29-21(4)15-17-28(27)29/h6-9,11-20H,5,10H2,1-4H3. The van der Waals surface area contributed by atoms with Crippen molar-refractivity contribution in [1.82, 2.24) is 0 Å². The molecule has 0 bridgehead atoms. The van der Waals surface area contributed by atoms with E-state index < -0.39 is 0 Å². The zero-order valence-corrected chi connectivity index (χ0v) is 18.0. The molecule has 0 N–H and O–H groups in total. The van der Waals surface area contributed by atoms with Gasteiger partial charge < -0.3 is 0 Å². The van der Waals surface area contributed by atoms with Gasteiger partial charge in [-0.1, -0.05) is 106 Å². The Labute approximate surface area is 175 Å². The summed E-state index contributed by atoms with van der Waals surface area (Å²) in [5, 5.41) is 0. The van der Waals surface area contributed by atoms with Crippen LogP contribution in [-0.2, 0) is 6.42 Å². The van der Waals surface area contributed by atoms with Crippen LogP contribution in [0.3, 0.4) is 0 Å². The van der Waals surface area contributed by atoms with Gasteiger partial charge in [-0.25, -0.2) is 0 Å². The summed E-state index contributed by atoms with van der Waals surface area (Å²) in [5.41, 5.74) is 12.3. The lowest BCUT2D eigenvalue weighted by Crippen LogP contribution is -1.95. The van der Waals surface area contributed by atoms with E-state index >= 15 is 0 Å². The molecule has 0 heterocycles. The van der Waals surface area contributed by atoms with Crippen molar-refractivity contribution >= 4 is 0 Å². The number of fused-ring (bicyclic) bond motifs is 1. The Morgan fingerprint density at radius 2 is 1.34 bits per heavy atom. The summed E-state index contributed by atoms with van der Waals surface area (Å²) in [4.78, 5) is 0. The zero-order valence-electron chi connectivity index (χ0n) is 18.0. The molecule has 0 atom stereocenters. The Balaban J connectivity index is 1.99. The van der Waals surface area contributed by atoms with Crippen LogP contribution in [-0.4, -0.2) is 0 Å². The molecule has 2 aliphatic rings. The van der Waals surface area contributed by atoms with Crippen molar-refractivity contribution in [2.24, 2.45) is 0 Å². The molecule has 4 rings (SSSR count). The van der Waals surface area contributed by atoms with Crippen LogP contribution < -0.4 is 0 Å². The highest BCUT2D eigenvalue weighted by atomic mass is 14.2. The van der Waals surface area contributed by atoms with E-state index in [0.717, 1.165) is 12.8 Å². The SMILES string of the molecule is CCCc1c(-c2ccccc2)cccc1-c1ccc(C(C)C)cc2c(C)ccc1-2. The fourth-order valence-electron chi connectivity index (χ4n) is 4.35. The topological polar surface area (TPSA) is 0 Å². The second kappa shape index (κ2) is 8.25. The van der Waals surface area contributed by atoms with Gasteiger partial charge in [0, 0.05) is 0 Å². The Kier molecular flexibility index (Phi) is 5.53. The highest BCUT2D eigenvalue weighted by Gasteiger charge is 2.17. The van der Waals surface area contributed by atoms with Gasteiger partial charge in [0.1, 0.15) is 0 Å². The lowest BCUT2D eigenvalue weighted by molar-refractivity contribution is 0.869. The van der Waals surface area contributed by atoms with Crippen molar-refractivity contribution in [3.8, 4) is 33.4 Å². The smallest absolute Gasteiger partial charge is 0.0102 e. The molecule has 2 aliphatic carbocycles. The van der Waals surface area contributed by atoms with E-state index in [9.17, 15) is 0 Å². The van der Waals surface area contributed by atoms with Crippen molar-refractivity contribution in [2.75, 3.05) is 0 Å². The lowest BCUT2D eigenvalue weighted by atomic mass is 9.88. The van der Waals surface area contributed by atoms with Crippen molar-refractivity contribution in [3.63, 3.8) is 0 Å². The Morgan fingerprint density at radius 3 is 2.07 bits per heavy atom. The van der Waals surface area contributed by atoms with E-state index in [-0.39, 0.29) is 0 Å². The van der Waals surface area contributed by atoms with E-state index in [1.807, 2.05) is 0 Å². The minimum absolute atomic E-state index is 0.513. The van der Waals surface area contributed by atoms with Gasteiger partial charge in [-0.2, -0.15) is 0 Å². The highest BCUT2D eigenvalue weighted by Crippen LogP contribution is 2.41. The van der Waals surface area contributed by atoms with Crippen LogP contribution in [0, 0.1) is 6.92 Å². The molecule has 0 amide bonds. The van der Waals surface area contributed by atoms with Crippen molar-refractivity contribution in [1.29, 1.82) is 0 Å². The summed E-state index contributed by atoms with van der Waals surface area (Å²) in [6, 6.07) is 29.2. The quantitative estimate of drug-likeness (QED) is 0.326. The summed E-state index contributed by atoms with van der Waals surface area (Å²) in [6.07, 6.45) is 2.22. The molecule has 0 unspecified atom stereocenters. The predicted molar refractivity (Wildman–Crippen MR) is 127 cm³/mol.